The maximum absolute atomic E-state index is 12.0. The van der Waals surface area contributed by atoms with Gasteiger partial charge < -0.3 is 9.64 Å². The minimum atomic E-state index is 0.0432. The molecule has 19 heavy (non-hydrogen) atoms. The number of hydrogen-bond donors (Lipinski definition) is 0. The van der Waals surface area contributed by atoms with E-state index in [1.807, 2.05) is 16.3 Å². The number of amides is 1. The second-order valence-electron chi connectivity index (χ2n) is 4.55. The number of carbonyl (C=O) groups excluding carboxylic acids is 1. The summed E-state index contributed by atoms with van der Waals surface area (Å²) in [6.45, 7) is 1.75. The maximum Gasteiger partial charge on any atom is 0.260 e. The molecule has 0 aliphatic carbocycles. The first-order valence-electron chi connectivity index (χ1n) is 6.43. The summed E-state index contributed by atoms with van der Waals surface area (Å²) in [6.07, 6.45) is 4.87. The summed E-state index contributed by atoms with van der Waals surface area (Å²) in [6, 6.07) is 1.92. The zero-order chi connectivity index (χ0) is 13.1. The van der Waals surface area contributed by atoms with Crippen LogP contribution in [0.3, 0.4) is 0 Å². The number of aromatic nitrogens is 2. The Morgan fingerprint density at radius 2 is 2.16 bits per heavy atom. The van der Waals surface area contributed by atoms with Crippen LogP contribution in [-0.4, -0.2) is 40.5 Å². The zero-order valence-electron chi connectivity index (χ0n) is 10.5. The first kappa shape index (κ1) is 12.3. The number of rotatable bonds is 3. The predicted octanol–water partition coefficient (Wildman–Crippen LogP) is 2.08. The van der Waals surface area contributed by atoms with Gasteiger partial charge in [0.2, 0.25) is 5.88 Å². The lowest BCUT2D eigenvalue weighted by Crippen LogP contribution is -2.38. The van der Waals surface area contributed by atoms with Gasteiger partial charge in [-0.15, -0.1) is 11.3 Å². The Hall–Kier alpha value is -1.69. The number of fused-ring (bicyclic) bond motifs is 1. The summed E-state index contributed by atoms with van der Waals surface area (Å²) >= 11 is 1.54. The van der Waals surface area contributed by atoms with E-state index in [9.17, 15) is 4.79 Å². The van der Waals surface area contributed by atoms with Gasteiger partial charge >= 0.3 is 0 Å². The van der Waals surface area contributed by atoms with E-state index >= 15 is 0 Å². The SMILES string of the molecule is O=C(COc1ncnc2sccc12)N1CCCCC1. The van der Waals surface area contributed by atoms with Crippen molar-refractivity contribution in [2.75, 3.05) is 19.7 Å². The molecule has 3 heterocycles. The van der Waals surface area contributed by atoms with E-state index in [4.69, 9.17) is 4.74 Å². The van der Waals surface area contributed by atoms with Crippen molar-refractivity contribution in [1.82, 2.24) is 14.9 Å². The normalized spacial score (nSPS) is 15.7. The van der Waals surface area contributed by atoms with Crippen molar-refractivity contribution >= 4 is 27.5 Å². The highest BCUT2D eigenvalue weighted by molar-refractivity contribution is 7.16. The van der Waals surface area contributed by atoms with E-state index in [1.165, 1.54) is 24.1 Å². The molecule has 0 atom stereocenters. The highest BCUT2D eigenvalue weighted by Crippen LogP contribution is 2.25. The topological polar surface area (TPSA) is 55.3 Å². The Balaban J connectivity index is 1.65. The number of thiophene rings is 1. The minimum Gasteiger partial charge on any atom is -0.467 e. The van der Waals surface area contributed by atoms with Crippen LogP contribution in [0.25, 0.3) is 10.2 Å². The van der Waals surface area contributed by atoms with Crippen LogP contribution in [0.15, 0.2) is 17.8 Å². The highest BCUT2D eigenvalue weighted by Gasteiger charge is 2.17. The Labute approximate surface area is 115 Å². The standard InChI is InChI=1S/C13H15N3O2S/c17-11(16-5-2-1-3-6-16)8-18-12-10-4-7-19-13(10)15-9-14-12/h4,7,9H,1-3,5-6,8H2. The monoisotopic (exact) mass is 277 g/mol. The van der Waals surface area contributed by atoms with Gasteiger partial charge in [0.25, 0.3) is 5.91 Å². The molecule has 0 saturated carbocycles. The number of ether oxygens (including phenoxy) is 1. The van der Waals surface area contributed by atoms with Crippen molar-refractivity contribution in [1.29, 1.82) is 0 Å². The van der Waals surface area contributed by atoms with Crippen molar-refractivity contribution in [3.63, 3.8) is 0 Å². The molecule has 0 aromatic carbocycles. The van der Waals surface area contributed by atoms with Crippen molar-refractivity contribution < 1.29 is 9.53 Å². The highest BCUT2D eigenvalue weighted by atomic mass is 32.1. The number of carbonyl (C=O) groups is 1. The minimum absolute atomic E-state index is 0.0432. The van der Waals surface area contributed by atoms with Gasteiger partial charge in [-0.05, 0) is 30.7 Å². The van der Waals surface area contributed by atoms with Gasteiger partial charge in [-0.1, -0.05) is 0 Å². The van der Waals surface area contributed by atoms with E-state index in [1.54, 1.807) is 0 Å². The molecular weight excluding hydrogens is 262 g/mol. The lowest BCUT2D eigenvalue weighted by atomic mass is 10.1. The van der Waals surface area contributed by atoms with Crippen molar-refractivity contribution in [2.24, 2.45) is 0 Å². The summed E-state index contributed by atoms with van der Waals surface area (Å²) in [5, 5.41) is 2.82. The Morgan fingerprint density at radius 3 is 3.00 bits per heavy atom. The summed E-state index contributed by atoms with van der Waals surface area (Å²) in [5.74, 6) is 0.540. The fourth-order valence-corrected chi connectivity index (χ4v) is 2.97. The van der Waals surface area contributed by atoms with Gasteiger partial charge in [0.1, 0.15) is 11.2 Å². The van der Waals surface area contributed by atoms with Crippen molar-refractivity contribution in [3.8, 4) is 5.88 Å². The second kappa shape index (κ2) is 5.52. The average molecular weight is 277 g/mol. The summed E-state index contributed by atoms with van der Waals surface area (Å²) < 4.78 is 5.56. The molecule has 2 aromatic rings. The molecule has 0 N–H and O–H groups in total. The quantitative estimate of drug-likeness (QED) is 0.862. The third-order valence-corrected chi connectivity index (χ3v) is 4.09. The van der Waals surface area contributed by atoms with E-state index in [-0.39, 0.29) is 12.5 Å². The Kier molecular flexibility index (Phi) is 3.59. The van der Waals surface area contributed by atoms with E-state index < -0.39 is 0 Å². The number of nitrogens with zero attached hydrogens (tertiary/aromatic N) is 3. The zero-order valence-corrected chi connectivity index (χ0v) is 11.4. The second-order valence-corrected chi connectivity index (χ2v) is 5.44. The van der Waals surface area contributed by atoms with E-state index in [0.717, 1.165) is 36.1 Å². The number of piperidine rings is 1. The van der Waals surface area contributed by atoms with Gasteiger partial charge in [-0.3, -0.25) is 4.79 Å². The lowest BCUT2D eigenvalue weighted by molar-refractivity contribution is -0.134. The van der Waals surface area contributed by atoms with Crippen molar-refractivity contribution in [3.05, 3.63) is 17.8 Å². The molecule has 1 saturated heterocycles. The molecule has 6 heteroatoms. The van der Waals surface area contributed by atoms with Crippen LogP contribution in [0.4, 0.5) is 0 Å². The lowest BCUT2D eigenvalue weighted by Gasteiger charge is -2.26. The molecule has 1 amide bonds. The molecule has 0 spiro atoms. The molecule has 100 valence electrons. The molecular formula is C13H15N3O2S. The molecule has 1 fully saturated rings. The first-order valence-corrected chi connectivity index (χ1v) is 7.31. The van der Waals surface area contributed by atoms with Crippen LogP contribution in [0.2, 0.25) is 0 Å². The van der Waals surface area contributed by atoms with Crippen LogP contribution >= 0.6 is 11.3 Å². The fraction of sp³-hybridized carbons (Fsp3) is 0.462. The smallest absolute Gasteiger partial charge is 0.260 e. The van der Waals surface area contributed by atoms with E-state index in [0.29, 0.717) is 5.88 Å². The molecule has 0 radical (unpaired) electrons. The maximum atomic E-state index is 12.0. The third kappa shape index (κ3) is 2.68. The van der Waals surface area contributed by atoms with Crippen LogP contribution < -0.4 is 4.74 Å². The predicted molar refractivity (Wildman–Crippen MR) is 73.3 cm³/mol. The number of hydrogen-bond acceptors (Lipinski definition) is 5. The van der Waals surface area contributed by atoms with Gasteiger partial charge in [0, 0.05) is 13.1 Å². The van der Waals surface area contributed by atoms with Crippen LogP contribution in [0, 0.1) is 0 Å². The molecule has 0 bridgehead atoms. The van der Waals surface area contributed by atoms with Gasteiger partial charge in [-0.25, -0.2) is 9.97 Å². The average Bonchev–Trinajstić information content (AvgIpc) is 2.94. The third-order valence-electron chi connectivity index (χ3n) is 3.27. The summed E-state index contributed by atoms with van der Waals surface area (Å²) in [7, 11) is 0. The fourth-order valence-electron chi connectivity index (χ4n) is 2.25. The summed E-state index contributed by atoms with van der Waals surface area (Å²) in [5.41, 5.74) is 0. The Morgan fingerprint density at radius 1 is 1.32 bits per heavy atom. The Bertz CT molecular complexity index is 578. The van der Waals surface area contributed by atoms with Crippen LogP contribution in [0.1, 0.15) is 19.3 Å². The van der Waals surface area contributed by atoms with Gasteiger partial charge in [0.15, 0.2) is 6.61 Å². The molecule has 3 rings (SSSR count). The van der Waals surface area contributed by atoms with Gasteiger partial charge in [-0.2, -0.15) is 0 Å². The molecule has 1 aliphatic heterocycles. The summed E-state index contributed by atoms with van der Waals surface area (Å²) in [4.78, 5) is 23.0. The molecule has 2 aromatic heterocycles. The molecule has 1 aliphatic rings. The molecule has 5 nitrogen and oxygen atoms in total. The van der Waals surface area contributed by atoms with Crippen LogP contribution in [0.5, 0.6) is 5.88 Å². The van der Waals surface area contributed by atoms with E-state index in [2.05, 4.69) is 9.97 Å². The number of likely N-dealkylation sites (tertiary alicyclic amines) is 1. The molecule has 0 unspecified atom stereocenters. The first-order chi connectivity index (χ1) is 9.34. The van der Waals surface area contributed by atoms with Crippen LogP contribution in [-0.2, 0) is 4.79 Å². The van der Waals surface area contributed by atoms with Crippen molar-refractivity contribution in [2.45, 2.75) is 19.3 Å². The largest absolute Gasteiger partial charge is 0.467 e. The van der Waals surface area contributed by atoms with Gasteiger partial charge in [0.05, 0.1) is 5.39 Å².